The van der Waals surface area contributed by atoms with Crippen molar-refractivity contribution in [1.29, 1.82) is 0 Å². The summed E-state index contributed by atoms with van der Waals surface area (Å²) < 4.78 is 28.8. The molecule has 0 unspecified atom stereocenters. The maximum Gasteiger partial charge on any atom is 0.248 e. The Labute approximate surface area is 176 Å². The molecule has 0 saturated heterocycles. The van der Waals surface area contributed by atoms with Gasteiger partial charge >= 0.3 is 0 Å². The first kappa shape index (κ1) is 21.0. The van der Waals surface area contributed by atoms with Crippen LogP contribution >= 0.6 is 27.3 Å². The number of hydrogen-bond acceptors (Lipinski definition) is 4. The van der Waals surface area contributed by atoms with Gasteiger partial charge < -0.3 is 4.57 Å². The van der Waals surface area contributed by atoms with Crippen LogP contribution < -0.4 is 4.80 Å². The number of amides is 1. The minimum Gasteiger partial charge on any atom is -0.316 e. The second-order valence-electron chi connectivity index (χ2n) is 6.46. The standard InChI is InChI=1S/C20H21BrN2O3S2/c1-3-23-19-16(21)6-4-7-17(19)27-20(23)22-18(24)8-5-13-28(25,26)15-11-9-14(2)10-12-15/h4,6-7,9-12H,3,5,8,13H2,1-2H3. The number of sulfone groups is 1. The Balaban J connectivity index is 1.73. The summed E-state index contributed by atoms with van der Waals surface area (Å²) in [5.41, 5.74) is 2.02. The second-order valence-corrected chi connectivity index (χ2v) is 10.4. The van der Waals surface area contributed by atoms with E-state index in [1.165, 1.54) is 11.3 Å². The maximum absolute atomic E-state index is 12.4. The lowest BCUT2D eigenvalue weighted by atomic mass is 10.2. The van der Waals surface area contributed by atoms with Gasteiger partial charge in [0.05, 0.1) is 20.9 Å². The second kappa shape index (κ2) is 8.71. The number of fused-ring (bicyclic) bond motifs is 1. The number of carbonyl (C=O) groups excluding carboxylic acids is 1. The molecule has 0 atom stereocenters. The first-order valence-electron chi connectivity index (χ1n) is 8.96. The molecular weight excluding hydrogens is 460 g/mol. The molecule has 0 saturated carbocycles. The Kier molecular flexibility index (Phi) is 6.52. The quantitative estimate of drug-likeness (QED) is 0.522. The zero-order valence-corrected chi connectivity index (χ0v) is 18.9. The van der Waals surface area contributed by atoms with Crippen molar-refractivity contribution in [3.05, 3.63) is 57.3 Å². The number of halogens is 1. The summed E-state index contributed by atoms with van der Waals surface area (Å²) in [6.07, 6.45) is 0.351. The van der Waals surface area contributed by atoms with Crippen LogP contribution in [0, 0.1) is 6.92 Å². The van der Waals surface area contributed by atoms with Gasteiger partial charge in [-0.25, -0.2) is 8.42 Å². The van der Waals surface area contributed by atoms with Crippen LogP contribution in [0.4, 0.5) is 0 Å². The van der Waals surface area contributed by atoms with Gasteiger partial charge in [-0.1, -0.05) is 35.1 Å². The summed E-state index contributed by atoms with van der Waals surface area (Å²) >= 11 is 5.01. The molecular formula is C20H21BrN2O3S2. The average Bonchev–Trinajstić information content (AvgIpc) is 3.00. The molecule has 0 fully saturated rings. The highest BCUT2D eigenvalue weighted by atomic mass is 79.9. The van der Waals surface area contributed by atoms with E-state index in [9.17, 15) is 13.2 Å². The molecule has 0 aliphatic heterocycles. The van der Waals surface area contributed by atoms with Gasteiger partial charge in [0.25, 0.3) is 0 Å². The van der Waals surface area contributed by atoms with Gasteiger partial charge in [0.15, 0.2) is 14.6 Å². The number of para-hydroxylation sites is 1. The third-order valence-corrected chi connectivity index (χ3v) is 7.87. The van der Waals surface area contributed by atoms with Crippen LogP contribution in [0.1, 0.15) is 25.3 Å². The van der Waals surface area contributed by atoms with Gasteiger partial charge in [-0.3, -0.25) is 4.79 Å². The van der Waals surface area contributed by atoms with Crippen LogP contribution in [-0.2, 0) is 21.2 Å². The number of aromatic nitrogens is 1. The Bertz CT molecular complexity index is 1180. The number of aryl methyl sites for hydroxylation is 2. The van der Waals surface area contributed by atoms with Gasteiger partial charge in [0.1, 0.15) is 0 Å². The first-order chi connectivity index (χ1) is 13.3. The van der Waals surface area contributed by atoms with Crippen LogP contribution in [0.15, 0.2) is 56.8 Å². The number of hydrogen-bond donors (Lipinski definition) is 0. The molecule has 0 aliphatic carbocycles. The lowest BCUT2D eigenvalue weighted by Crippen LogP contribution is -2.16. The molecule has 1 heterocycles. The van der Waals surface area contributed by atoms with Gasteiger partial charge in [-0.15, -0.1) is 0 Å². The largest absolute Gasteiger partial charge is 0.316 e. The van der Waals surface area contributed by atoms with E-state index in [-0.39, 0.29) is 24.5 Å². The van der Waals surface area contributed by atoms with Crippen LogP contribution in [0.5, 0.6) is 0 Å². The molecule has 148 valence electrons. The Morgan fingerprint density at radius 2 is 1.89 bits per heavy atom. The zero-order chi connectivity index (χ0) is 20.3. The number of rotatable bonds is 6. The molecule has 3 rings (SSSR count). The third kappa shape index (κ3) is 4.61. The van der Waals surface area contributed by atoms with E-state index < -0.39 is 9.84 Å². The summed E-state index contributed by atoms with van der Waals surface area (Å²) in [6, 6.07) is 12.7. The van der Waals surface area contributed by atoms with E-state index >= 15 is 0 Å². The Morgan fingerprint density at radius 1 is 1.18 bits per heavy atom. The molecule has 1 amide bonds. The summed E-state index contributed by atoms with van der Waals surface area (Å²) in [7, 11) is -3.39. The number of carbonyl (C=O) groups is 1. The topological polar surface area (TPSA) is 68.5 Å². The number of benzene rings is 2. The van der Waals surface area contributed by atoms with Gasteiger partial charge in [-0.05, 0) is 60.5 Å². The van der Waals surface area contributed by atoms with Crippen molar-refractivity contribution in [3.63, 3.8) is 0 Å². The molecule has 5 nitrogen and oxygen atoms in total. The molecule has 28 heavy (non-hydrogen) atoms. The minimum absolute atomic E-state index is 0.0664. The Hall–Kier alpha value is -1.77. The van der Waals surface area contributed by atoms with Crippen molar-refractivity contribution in [2.75, 3.05) is 5.75 Å². The molecule has 0 bridgehead atoms. The SMILES string of the molecule is CCn1c(=NC(=O)CCCS(=O)(=O)c2ccc(C)cc2)sc2cccc(Br)c21. The minimum atomic E-state index is -3.39. The van der Waals surface area contributed by atoms with Crippen molar-refractivity contribution in [1.82, 2.24) is 4.57 Å². The highest BCUT2D eigenvalue weighted by Crippen LogP contribution is 2.25. The van der Waals surface area contributed by atoms with Gasteiger partial charge in [0, 0.05) is 17.4 Å². The highest BCUT2D eigenvalue weighted by Gasteiger charge is 2.15. The molecule has 0 N–H and O–H groups in total. The van der Waals surface area contributed by atoms with Crippen LogP contribution in [0.3, 0.4) is 0 Å². The van der Waals surface area contributed by atoms with Crippen LogP contribution in [0.2, 0.25) is 0 Å². The molecule has 2 aromatic carbocycles. The smallest absolute Gasteiger partial charge is 0.248 e. The van der Waals surface area contributed by atoms with Crippen molar-refractivity contribution in [2.24, 2.45) is 4.99 Å². The monoisotopic (exact) mass is 480 g/mol. The summed E-state index contributed by atoms with van der Waals surface area (Å²) in [6.45, 7) is 4.60. The molecule has 0 aliphatic rings. The summed E-state index contributed by atoms with van der Waals surface area (Å²) in [5, 5.41) is 0. The lowest BCUT2D eigenvalue weighted by Gasteiger charge is -2.04. The molecule has 0 radical (unpaired) electrons. The number of thiazole rings is 1. The zero-order valence-electron chi connectivity index (χ0n) is 15.7. The van der Waals surface area contributed by atoms with Gasteiger partial charge in [0.2, 0.25) is 5.91 Å². The lowest BCUT2D eigenvalue weighted by molar-refractivity contribution is -0.118. The summed E-state index contributed by atoms with van der Waals surface area (Å²) in [5.74, 6) is -0.368. The van der Waals surface area contributed by atoms with Crippen LogP contribution in [0.25, 0.3) is 10.2 Å². The normalized spacial score (nSPS) is 12.6. The van der Waals surface area contributed by atoms with E-state index in [1.807, 2.05) is 36.6 Å². The fourth-order valence-electron chi connectivity index (χ4n) is 2.90. The van der Waals surface area contributed by atoms with Crippen molar-refractivity contribution in [3.8, 4) is 0 Å². The van der Waals surface area contributed by atoms with Gasteiger partial charge in [-0.2, -0.15) is 4.99 Å². The molecule has 1 aromatic heterocycles. The average molecular weight is 481 g/mol. The third-order valence-electron chi connectivity index (χ3n) is 4.37. The Morgan fingerprint density at radius 3 is 2.57 bits per heavy atom. The fraction of sp³-hybridized carbons (Fsp3) is 0.300. The van der Waals surface area contributed by atoms with Crippen molar-refractivity contribution in [2.45, 2.75) is 38.1 Å². The first-order valence-corrected chi connectivity index (χ1v) is 12.2. The van der Waals surface area contributed by atoms with E-state index in [4.69, 9.17) is 0 Å². The van der Waals surface area contributed by atoms with E-state index in [0.29, 0.717) is 16.2 Å². The van der Waals surface area contributed by atoms with Crippen LogP contribution in [-0.4, -0.2) is 24.6 Å². The van der Waals surface area contributed by atoms with Crippen molar-refractivity contribution < 1.29 is 13.2 Å². The van der Waals surface area contributed by atoms with E-state index in [0.717, 1.165) is 20.3 Å². The number of nitrogens with zero attached hydrogens (tertiary/aromatic N) is 2. The summed E-state index contributed by atoms with van der Waals surface area (Å²) in [4.78, 5) is 17.5. The predicted octanol–water partition coefficient (Wildman–Crippen LogP) is 4.48. The highest BCUT2D eigenvalue weighted by molar-refractivity contribution is 9.10. The fourth-order valence-corrected chi connectivity index (χ4v) is 6.07. The molecule has 8 heteroatoms. The molecule has 3 aromatic rings. The predicted molar refractivity (Wildman–Crippen MR) is 116 cm³/mol. The van der Waals surface area contributed by atoms with E-state index in [2.05, 4.69) is 20.9 Å². The van der Waals surface area contributed by atoms with E-state index in [1.54, 1.807) is 24.3 Å². The maximum atomic E-state index is 12.4. The molecule has 0 spiro atoms. The van der Waals surface area contributed by atoms with Crippen molar-refractivity contribution >= 4 is 53.2 Å².